The number of hydrogen-bond donors (Lipinski definition) is 1. The fourth-order valence-electron chi connectivity index (χ4n) is 1.19. The van der Waals surface area contributed by atoms with Crippen molar-refractivity contribution in [2.75, 3.05) is 0 Å². The number of hydrogen-bond acceptors (Lipinski definition) is 3. The van der Waals surface area contributed by atoms with Crippen LogP contribution in [0.3, 0.4) is 0 Å². The Hall–Kier alpha value is -2.10. The van der Waals surface area contributed by atoms with Gasteiger partial charge < -0.3 is 15.2 Å². The number of carbonyl (C=O) groups is 2. The van der Waals surface area contributed by atoms with Gasteiger partial charge in [0.1, 0.15) is 6.09 Å². The summed E-state index contributed by atoms with van der Waals surface area (Å²) in [5.74, 6) is -0.231. The molecule has 0 radical (unpaired) electrons. The summed E-state index contributed by atoms with van der Waals surface area (Å²) in [7, 11) is 0. The van der Waals surface area contributed by atoms with Crippen LogP contribution < -0.4 is 10.4 Å². The van der Waals surface area contributed by atoms with E-state index in [1.165, 1.54) is 6.08 Å². The van der Waals surface area contributed by atoms with Crippen LogP contribution in [0.25, 0.3) is 0 Å². The van der Waals surface area contributed by atoms with Crippen LogP contribution in [-0.4, -0.2) is 11.9 Å². The predicted molar refractivity (Wildman–Crippen MR) is 53.2 cm³/mol. The van der Waals surface area contributed by atoms with Crippen LogP contribution in [0.1, 0.15) is 15.9 Å². The highest BCUT2D eigenvalue weighted by molar-refractivity contribution is 6.05. The normalized spacial score (nSPS) is 9.33. The average molecular weight is 204 g/mol. The summed E-state index contributed by atoms with van der Waals surface area (Å²) >= 11 is 0. The number of amides is 1. The van der Waals surface area contributed by atoms with Crippen LogP contribution in [0.4, 0.5) is 4.79 Å². The summed E-state index contributed by atoms with van der Waals surface area (Å²) in [6, 6.07) is 6.73. The molecule has 0 atom stereocenters. The molecule has 0 aliphatic heterocycles. The number of benzene rings is 1. The molecule has 1 amide bonds. The van der Waals surface area contributed by atoms with Crippen molar-refractivity contribution in [2.45, 2.75) is 6.54 Å². The third kappa shape index (κ3) is 2.95. The molecule has 0 aliphatic rings. The van der Waals surface area contributed by atoms with Crippen molar-refractivity contribution >= 4 is 11.9 Å². The van der Waals surface area contributed by atoms with E-state index in [2.05, 4.69) is 11.9 Å². The van der Waals surface area contributed by atoms with Crippen molar-refractivity contribution in [1.82, 2.24) is 5.32 Å². The van der Waals surface area contributed by atoms with Gasteiger partial charge in [0, 0.05) is 12.1 Å². The smallest absolute Gasteiger partial charge is 0.185 e. The molecule has 0 fully saturated rings. The number of carboxylic acid groups (broad SMARTS) is 1. The summed E-state index contributed by atoms with van der Waals surface area (Å²) in [4.78, 5) is 21.6. The van der Waals surface area contributed by atoms with Crippen LogP contribution in [0, 0.1) is 0 Å². The Balaban J connectivity index is 2.91. The van der Waals surface area contributed by atoms with Gasteiger partial charge in [0.25, 0.3) is 0 Å². The van der Waals surface area contributed by atoms with E-state index in [1.54, 1.807) is 24.3 Å². The zero-order chi connectivity index (χ0) is 11.3. The first-order chi connectivity index (χ1) is 7.15. The van der Waals surface area contributed by atoms with E-state index >= 15 is 0 Å². The molecule has 0 bridgehead atoms. The van der Waals surface area contributed by atoms with Crippen molar-refractivity contribution in [3.63, 3.8) is 0 Å². The Morgan fingerprint density at radius 1 is 1.40 bits per heavy atom. The van der Waals surface area contributed by atoms with Crippen LogP contribution in [0.15, 0.2) is 36.9 Å². The maximum Gasteiger partial charge on any atom is 0.185 e. The number of allylic oxidation sites excluding steroid dienone is 1. The molecule has 0 spiro atoms. The monoisotopic (exact) mass is 204 g/mol. The second kappa shape index (κ2) is 4.95. The Morgan fingerprint density at radius 3 is 2.67 bits per heavy atom. The number of ketones is 1. The summed E-state index contributed by atoms with van der Waals surface area (Å²) in [5, 5.41) is 12.3. The van der Waals surface area contributed by atoms with Gasteiger partial charge >= 0.3 is 0 Å². The molecule has 1 aromatic carbocycles. The Morgan fingerprint density at radius 2 is 2.07 bits per heavy atom. The lowest BCUT2D eigenvalue weighted by Gasteiger charge is -2.09. The first kappa shape index (κ1) is 11.0. The van der Waals surface area contributed by atoms with E-state index in [0.717, 1.165) is 0 Å². The highest BCUT2D eigenvalue weighted by Crippen LogP contribution is 2.09. The third-order valence-corrected chi connectivity index (χ3v) is 1.89. The van der Waals surface area contributed by atoms with E-state index < -0.39 is 6.09 Å². The van der Waals surface area contributed by atoms with E-state index in [-0.39, 0.29) is 12.3 Å². The molecule has 4 nitrogen and oxygen atoms in total. The van der Waals surface area contributed by atoms with Crippen LogP contribution in [0.2, 0.25) is 0 Å². The van der Waals surface area contributed by atoms with Gasteiger partial charge in [-0.2, -0.15) is 0 Å². The fourth-order valence-corrected chi connectivity index (χ4v) is 1.19. The summed E-state index contributed by atoms with van der Waals surface area (Å²) in [6.45, 7) is 3.43. The van der Waals surface area contributed by atoms with Gasteiger partial charge in [-0.15, -0.1) is 0 Å². The van der Waals surface area contributed by atoms with Gasteiger partial charge in [-0.05, 0) is 11.6 Å². The van der Waals surface area contributed by atoms with Crippen molar-refractivity contribution in [2.24, 2.45) is 0 Å². The molecule has 0 heterocycles. The first-order valence-corrected chi connectivity index (χ1v) is 4.34. The van der Waals surface area contributed by atoms with Crippen molar-refractivity contribution in [3.05, 3.63) is 48.0 Å². The SMILES string of the molecule is C=CC(=O)c1ccccc1CNC(=O)[O-]. The molecular weight excluding hydrogens is 194 g/mol. The molecule has 0 aliphatic carbocycles. The molecular formula is C11H10NO3-. The molecule has 78 valence electrons. The second-order valence-electron chi connectivity index (χ2n) is 2.87. The van der Waals surface area contributed by atoms with Crippen LogP contribution >= 0.6 is 0 Å². The zero-order valence-electron chi connectivity index (χ0n) is 8.03. The quantitative estimate of drug-likeness (QED) is 0.573. The number of carbonyl (C=O) groups excluding carboxylic acids is 2. The minimum Gasteiger partial charge on any atom is -0.530 e. The lowest BCUT2D eigenvalue weighted by Crippen LogP contribution is -2.36. The molecule has 4 heteroatoms. The molecule has 1 aromatic rings. The summed E-state index contributed by atoms with van der Waals surface area (Å²) in [6.07, 6.45) is -0.173. The van der Waals surface area contributed by atoms with Crippen molar-refractivity contribution < 1.29 is 14.7 Å². The highest BCUT2D eigenvalue weighted by Gasteiger charge is 2.06. The zero-order valence-corrected chi connectivity index (χ0v) is 8.03. The lowest BCUT2D eigenvalue weighted by atomic mass is 10.0. The number of nitrogens with one attached hydrogen (secondary N) is 1. The van der Waals surface area contributed by atoms with Gasteiger partial charge in [0.2, 0.25) is 0 Å². The molecule has 1 N–H and O–H groups in total. The third-order valence-electron chi connectivity index (χ3n) is 1.89. The summed E-state index contributed by atoms with van der Waals surface area (Å²) < 4.78 is 0. The van der Waals surface area contributed by atoms with Crippen molar-refractivity contribution in [3.8, 4) is 0 Å². The lowest BCUT2D eigenvalue weighted by molar-refractivity contribution is -0.251. The Kier molecular flexibility index (Phi) is 3.62. The van der Waals surface area contributed by atoms with Crippen LogP contribution in [-0.2, 0) is 6.54 Å². The predicted octanol–water partition coefficient (Wildman–Crippen LogP) is 0.488. The van der Waals surface area contributed by atoms with E-state index in [1.807, 2.05) is 0 Å². The van der Waals surface area contributed by atoms with Gasteiger partial charge in [-0.25, -0.2) is 0 Å². The highest BCUT2D eigenvalue weighted by atomic mass is 16.4. The van der Waals surface area contributed by atoms with E-state index in [4.69, 9.17) is 0 Å². The standard InChI is InChI=1S/C11H11NO3/c1-2-10(13)9-6-4-3-5-8(9)7-12-11(14)15/h2-6,12H,1,7H2,(H,14,15)/p-1. The maximum atomic E-state index is 11.4. The molecule has 15 heavy (non-hydrogen) atoms. The number of rotatable bonds is 4. The molecule has 0 saturated carbocycles. The first-order valence-electron chi connectivity index (χ1n) is 4.34. The van der Waals surface area contributed by atoms with E-state index in [0.29, 0.717) is 11.1 Å². The summed E-state index contributed by atoms with van der Waals surface area (Å²) in [5.41, 5.74) is 1.05. The van der Waals surface area contributed by atoms with Crippen LogP contribution in [0.5, 0.6) is 0 Å². The minimum atomic E-state index is -1.36. The maximum absolute atomic E-state index is 11.4. The van der Waals surface area contributed by atoms with Gasteiger partial charge in [-0.3, -0.25) is 4.79 Å². The molecule has 0 aromatic heterocycles. The Bertz CT molecular complexity index is 399. The average Bonchev–Trinajstić information content (AvgIpc) is 2.25. The van der Waals surface area contributed by atoms with Gasteiger partial charge in [-0.1, -0.05) is 30.8 Å². The van der Waals surface area contributed by atoms with E-state index in [9.17, 15) is 14.7 Å². The topological polar surface area (TPSA) is 69.2 Å². The molecule has 0 unspecified atom stereocenters. The largest absolute Gasteiger partial charge is 0.530 e. The van der Waals surface area contributed by atoms with Crippen molar-refractivity contribution in [1.29, 1.82) is 0 Å². The molecule has 1 rings (SSSR count). The second-order valence-corrected chi connectivity index (χ2v) is 2.87. The van der Waals surface area contributed by atoms with Gasteiger partial charge in [0.05, 0.1) is 0 Å². The Labute approximate surface area is 87.2 Å². The van der Waals surface area contributed by atoms with Gasteiger partial charge in [0.15, 0.2) is 5.78 Å². The molecule has 0 saturated heterocycles. The fraction of sp³-hybridized carbons (Fsp3) is 0.0909. The minimum absolute atomic E-state index is 0.0537.